The van der Waals surface area contributed by atoms with E-state index in [4.69, 9.17) is 0 Å². The molecule has 0 aliphatic carbocycles. The van der Waals surface area contributed by atoms with Gasteiger partial charge in [0.25, 0.3) is 0 Å². The van der Waals surface area contributed by atoms with Crippen molar-refractivity contribution in [2.75, 3.05) is 5.32 Å². The van der Waals surface area contributed by atoms with Crippen LogP contribution in [0.4, 0.5) is 5.82 Å². The highest BCUT2D eigenvalue weighted by atomic mass is 15.3. The van der Waals surface area contributed by atoms with Crippen molar-refractivity contribution in [2.45, 2.75) is 33.2 Å². The summed E-state index contributed by atoms with van der Waals surface area (Å²) in [4.78, 5) is 9.10. The van der Waals surface area contributed by atoms with Gasteiger partial charge >= 0.3 is 0 Å². The third-order valence-corrected chi connectivity index (χ3v) is 3.91. The summed E-state index contributed by atoms with van der Waals surface area (Å²) in [5, 5.41) is 13.2. The second-order valence-electron chi connectivity index (χ2n) is 5.51. The lowest BCUT2D eigenvalue weighted by molar-refractivity contribution is 0.632. The van der Waals surface area contributed by atoms with Crippen LogP contribution in [0.2, 0.25) is 0 Å². The molecular weight excluding hydrogens is 278 g/mol. The fourth-order valence-corrected chi connectivity index (χ4v) is 2.83. The molecule has 0 saturated heterocycles. The molecular formula is C15H21N7. The minimum Gasteiger partial charge on any atom is -0.361 e. The lowest BCUT2D eigenvalue weighted by Crippen LogP contribution is -2.15. The summed E-state index contributed by atoms with van der Waals surface area (Å²) in [6, 6.07) is 2.17. The van der Waals surface area contributed by atoms with Crippen molar-refractivity contribution in [2.24, 2.45) is 14.1 Å². The van der Waals surface area contributed by atoms with E-state index in [-0.39, 0.29) is 6.04 Å². The molecule has 116 valence electrons. The molecule has 0 aliphatic heterocycles. The first kappa shape index (κ1) is 14.5. The molecule has 0 saturated carbocycles. The minimum absolute atomic E-state index is 0.143. The van der Waals surface area contributed by atoms with E-state index in [2.05, 4.69) is 32.4 Å². The average molecular weight is 299 g/mol. The van der Waals surface area contributed by atoms with Crippen LogP contribution in [-0.4, -0.2) is 29.5 Å². The molecule has 0 spiro atoms. The Bertz CT molecular complexity index is 815. The maximum absolute atomic E-state index is 4.60. The first-order valence-electron chi connectivity index (χ1n) is 7.43. The van der Waals surface area contributed by atoms with E-state index < -0.39 is 0 Å². The van der Waals surface area contributed by atoms with Gasteiger partial charge in [0.05, 0.1) is 22.8 Å². The van der Waals surface area contributed by atoms with Crippen LogP contribution in [0.5, 0.6) is 0 Å². The third kappa shape index (κ3) is 2.32. The van der Waals surface area contributed by atoms with Crippen molar-refractivity contribution >= 4 is 16.9 Å². The van der Waals surface area contributed by atoms with Gasteiger partial charge in [-0.05, 0) is 26.3 Å². The van der Waals surface area contributed by atoms with E-state index in [1.807, 2.05) is 44.9 Å². The fraction of sp³-hybridized carbons (Fsp3) is 0.467. The SMILES string of the molecule is CCC(Nc1nc(C)nc2c1c(C)nn2C)c1ccnn1C. The van der Waals surface area contributed by atoms with Crippen molar-refractivity contribution in [3.8, 4) is 0 Å². The van der Waals surface area contributed by atoms with E-state index in [1.54, 1.807) is 4.68 Å². The Kier molecular flexibility index (Phi) is 3.56. The zero-order chi connectivity index (χ0) is 15.9. The first-order valence-corrected chi connectivity index (χ1v) is 7.43. The Morgan fingerprint density at radius 2 is 1.95 bits per heavy atom. The van der Waals surface area contributed by atoms with Gasteiger partial charge in [0.15, 0.2) is 5.65 Å². The van der Waals surface area contributed by atoms with E-state index in [9.17, 15) is 0 Å². The zero-order valence-corrected chi connectivity index (χ0v) is 13.6. The van der Waals surface area contributed by atoms with Gasteiger partial charge in [-0.2, -0.15) is 10.2 Å². The molecule has 0 aliphatic rings. The second kappa shape index (κ2) is 5.40. The number of aryl methyl sites for hydroxylation is 4. The second-order valence-corrected chi connectivity index (χ2v) is 5.51. The predicted molar refractivity (Wildman–Crippen MR) is 85.6 cm³/mol. The first-order chi connectivity index (χ1) is 10.5. The molecule has 1 N–H and O–H groups in total. The fourth-order valence-electron chi connectivity index (χ4n) is 2.83. The zero-order valence-electron chi connectivity index (χ0n) is 13.6. The molecule has 1 unspecified atom stereocenters. The van der Waals surface area contributed by atoms with Gasteiger partial charge in [0, 0.05) is 20.3 Å². The van der Waals surface area contributed by atoms with Gasteiger partial charge in [-0.15, -0.1) is 0 Å². The number of anilines is 1. The highest BCUT2D eigenvalue weighted by Gasteiger charge is 2.18. The summed E-state index contributed by atoms with van der Waals surface area (Å²) in [7, 11) is 3.86. The smallest absolute Gasteiger partial charge is 0.163 e. The molecule has 3 heterocycles. The molecule has 3 aromatic rings. The molecule has 22 heavy (non-hydrogen) atoms. The summed E-state index contributed by atoms with van der Waals surface area (Å²) in [5.41, 5.74) is 2.92. The number of aromatic nitrogens is 6. The van der Waals surface area contributed by atoms with Crippen molar-refractivity contribution in [1.29, 1.82) is 0 Å². The highest BCUT2D eigenvalue weighted by molar-refractivity contribution is 5.89. The molecule has 0 aromatic carbocycles. The third-order valence-electron chi connectivity index (χ3n) is 3.91. The molecule has 0 amide bonds. The van der Waals surface area contributed by atoms with Crippen LogP contribution in [0.3, 0.4) is 0 Å². The van der Waals surface area contributed by atoms with Crippen molar-refractivity contribution in [1.82, 2.24) is 29.5 Å². The van der Waals surface area contributed by atoms with Gasteiger partial charge in [0.1, 0.15) is 11.6 Å². The molecule has 0 radical (unpaired) electrons. The van der Waals surface area contributed by atoms with E-state index in [0.29, 0.717) is 0 Å². The minimum atomic E-state index is 0.143. The van der Waals surface area contributed by atoms with Gasteiger partial charge in [-0.1, -0.05) is 6.92 Å². The Balaban J connectivity index is 2.08. The predicted octanol–water partition coefficient (Wildman–Crippen LogP) is 2.28. The Labute approximate surface area is 129 Å². The quantitative estimate of drug-likeness (QED) is 0.800. The Morgan fingerprint density at radius 3 is 2.59 bits per heavy atom. The topological polar surface area (TPSA) is 73.5 Å². The Hall–Kier alpha value is -2.44. The highest BCUT2D eigenvalue weighted by Crippen LogP contribution is 2.28. The van der Waals surface area contributed by atoms with Gasteiger partial charge < -0.3 is 5.32 Å². The van der Waals surface area contributed by atoms with E-state index >= 15 is 0 Å². The number of nitrogens with zero attached hydrogens (tertiary/aromatic N) is 6. The van der Waals surface area contributed by atoms with Crippen LogP contribution in [0.15, 0.2) is 12.3 Å². The summed E-state index contributed by atoms with van der Waals surface area (Å²) in [5.74, 6) is 1.57. The number of rotatable bonds is 4. The number of hydrogen-bond acceptors (Lipinski definition) is 5. The Morgan fingerprint density at radius 1 is 1.18 bits per heavy atom. The summed E-state index contributed by atoms with van der Waals surface area (Å²) >= 11 is 0. The van der Waals surface area contributed by atoms with Gasteiger partial charge in [-0.25, -0.2) is 9.97 Å². The molecule has 7 nitrogen and oxygen atoms in total. The normalized spacial score (nSPS) is 12.8. The molecule has 7 heteroatoms. The standard InChI is InChI=1S/C15H21N7/c1-6-11(12-7-8-16-21(12)4)19-14-13-9(2)20-22(5)15(13)18-10(3)17-14/h7-8,11H,6H2,1-5H3,(H,17,18,19). The van der Waals surface area contributed by atoms with Crippen LogP contribution in [-0.2, 0) is 14.1 Å². The summed E-state index contributed by atoms with van der Waals surface area (Å²) in [6.07, 6.45) is 2.75. The van der Waals surface area contributed by atoms with Gasteiger partial charge in [-0.3, -0.25) is 9.36 Å². The largest absolute Gasteiger partial charge is 0.361 e. The maximum Gasteiger partial charge on any atom is 0.163 e. The van der Waals surface area contributed by atoms with Crippen molar-refractivity contribution < 1.29 is 0 Å². The lowest BCUT2D eigenvalue weighted by atomic mass is 10.1. The average Bonchev–Trinajstić information content (AvgIpc) is 3.00. The molecule has 3 aromatic heterocycles. The maximum atomic E-state index is 4.60. The number of fused-ring (bicyclic) bond motifs is 1. The number of hydrogen-bond donors (Lipinski definition) is 1. The van der Waals surface area contributed by atoms with Crippen LogP contribution in [0.1, 0.15) is 36.6 Å². The number of nitrogens with one attached hydrogen (secondary N) is 1. The summed E-state index contributed by atoms with van der Waals surface area (Å²) in [6.45, 7) is 6.03. The van der Waals surface area contributed by atoms with Crippen LogP contribution in [0.25, 0.3) is 11.0 Å². The summed E-state index contributed by atoms with van der Waals surface area (Å²) < 4.78 is 3.69. The monoisotopic (exact) mass is 299 g/mol. The van der Waals surface area contributed by atoms with Crippen LogP contribution < -0.4 is 5.32 Å². The molecule has 1 atom stereocenters. The van der Waals surface area contributed by atoms with E-state index in [1.165, 1.54) is 0 Å². The van der Waals surface area contributed by atoms with Crippen LogP contribution >= 0.6 is 0 Å². The molecule has 0 fully saturated rings. The molecule has 3 rings (SSSR count). The van der Waals surface area contributed by atoms with Crippen molar-refractivity contribution in [3.05, 3.63) is 29.5 Å². The lowest BCUT2D eigenvalue weighted by Gasteiger charge is -2.18. The van der Waals surface area contributed by atoms with Gasteiger partial charge in [0.2, 0.25) is 0 Å². The van der Waals surface area contributed by atoms with E-state index in [0.717, 1.165) is 40.5 Å². The molecule has 0 bridgehead atoms. The van der Waals surface area contributed by atoms with Crippen LogP contribution in [0, 0.1) is 13.8 Å². The van der Waals surface area contributed by atoms with Crippen molar-refractivity contribution in [3.63, 3.8) is 0 Å².